The zero-order chi connectivity index (χ0) is 34.3. The van der Waals surface area contributed by atoms with Crippen molar-refractivity contribution in [3.63, 3.8) is 0 Å². The third-order valence-electron chi connectivity index (χ3n) is 4.88. The van der Waals surface area contributed by atoms with E-state index >= 15 is 0 Å². The quantitative estimate of drug-likeness (QED) is 0.351. The number of hydrogen-bond donors (Lipinski definition) is 1. The first-order chi connectivity index (χ1) is 19.4. The number of carbonyl (C=O) groups is 1. The maximum atomic E-state index is 12.9. The van der Waals surface area contributed by atoms with E-state index in [1.54, 1.807) is 27.7 Å². The average Bonchev–Trinajstić information content (AvgIpc) is 3.50. The number of carbonyl (C=O) groups excluding carboxylic acids is 5. The number of nitrogens with one attached hydrogen (secondary N) is 1. The predicted molar refractivity (Wildman–Crippen MR) is 139 cm³/mol. The third-order valence-corrected chi connectivity index (χ3v) is 4.88. The number of H-pyrrole nitrogens is 1. The second-order valence-electron chi connectivity index (χ2n) is 10.7. The van der Waals surface area contributed by atoms with Crippen molar-refractivity contribution in [2.24, 2.45) is 10.8 Å². The van der Waals surface area contributed by atoms with E-state index in [1.807, 2.05) is 0 Å². The number of ether oxygens (including phenoxy) is 3. The molecule has 0 aliphatic rings. The van der Waals surface area contributed by atoms with Gasteiger partial charge in [-0.3, -0.25) is 0 Å². The Balaban J connectivity index is -0.000000680. The number of nitrogens with zero attached hydrogens (tertiary/aromatic N) is 3. The Kier molecular flexibility index (Phi) is 18.6. The number of alkyl halides is 6. The number of halogens is 6. The molecule has 2 heterocycles. The first-order valence-corrected chi connectivity index (χ1v) is 12.1. The fraction of sp³-hybridized carbons (Fsp3) is 0.654. The minimum Gasteiger partial charge on any atom is -0.477 e. The molecule has 0 radical (unpaired) electrons. The molecule has 1 N–H and O–H groups in total. The van der Waals surface area contributed by atoms with E-state index in [0.717, 1.165) is 32.4 Å². The summed E-state index contributed by atoms with van der Waals surface area (Å²) in [7, 11) is 0. The molecule has 0 spiro atoms. The van der Waals surface area contributed by atoms with E-state index in [4.69, 9.17) is 33.4 Å². The smallest absolute Gasteiger partial charge is 0.435 e. The average molecular weight is 649 g/mol. The summed E-state index contributed by atoms with van der Waals surface area (Å²) in [6.07, 6.45) is -5.60. The van der Waals surface area contributed by atoms with Crippen LogP contribution in [0.5, 0.6) is 11.8 Å². The maximum Gasteiger partial charge on any atom is 0.435 e. The number of aromatic nitrogens is 4. The molecule has 2 aromatic heterocycles. The molecule has 0 saturated heterocycles. The third kappa shape index (κ3) is 16.5. The lowest BCUT2D eigenvalue weighted by Gasteiger charge is -2.27. The van der Waals surface area contributed by atoms with Gasteiger partial charge in [-0.05, 0) is 54.9 Å². The van der Waals surface area contributed by atoms with Crippen molar-refractivity contribution in [2.75, 3.05) is 13.2 Å². The first-order valence-electron chi connectivity index (χ1n) is 12.1. The molecule has 0 aliphatic carbocycles. The molecule has 0 atom stereocenters. The summed E-state index contributed by atoms with van der Waals surface area (Å²) in [5.41, 5.74) is -4.05. The van der Waals surface area contributed by atoms with Gasteiger partial charge < -0.3 is 14.2 Å². The van der Waals surface area contributed by atoms with Crippen LogP contribution >= 0.6 is 0 Å². The maximum absolute atomic E-state index is 12.9. The Bertz CT molecular complexity index is 1160. The number of aryl methyl sites for hydroxylation is 1. The Labute approximate surface area is 250 Å². The van der Waals surface area contributed by atoms with Crippen molar-refractivity contribution in [1.29, 1.82) is 0 Å². The van der Waals surface area contributed by atoms with E-state index in [2.05, 4.69) is 15.3 Å². The van der Waals surface area contributed by atoms with Crippen molar-refractivity contribution in [1.82, 2.24) is 20.0 Å². The Morgan fingerprint density at radius 3 is 1.64 bits per heavy atom. The summed E-state index contributed by atoms with van der Waals surface area (Å²) in [5.74, 6) is 0.248. The van der Waals surface area contributed by atoms with Gasteiger partial charge in [-0.2, -0.15) is 55.3 Å². The minimum atomic E-state index is -4.40. The second-order valence-corrected chi connectivity index (χ2v) is 10.7. The van der Waals surface area contributed by atoms with Gasteiger partial charge in [0.25, 0.3) is 0 Å². The predicted octanol–water partition coefficient (Wildman–Crippen LogP) is 6.04. The number of hydrogen-bond acceptors (Lipinski definition) is 10. The monoisotopic (exact) mass is 648 g/mol. The molecule has 12 nitrogen and oxygen atoms in total. The van der Waals surface area contributed by atoms with Gasteiger partial charge in [0, 0.05) is 17.8 Å². The van der Waals surface area contributed by atoms with Crippen LogP contribution in [0.4, 0.5) is 31.1 Å². The largest absolute Gasteiger partial charge is 0.477 e. The summed E-state index contributed by atoms with van der Waals surface area (Å²) < 4.78 is 91.9. The van der Waals surface area contributed by atoms with Gasteiger partial charge in [0.05, 0.1) is 17.0 Å². The van der Waals surface area contributed by atoms with Gasteiger partial charge in [-0.1, -0.05) is 14.4 Å². The van der Waals surface area contributed by atoms with Crippen LogP contribution in [0.25, 0.3) is 0 Å². The second kappa shape index (κ2) is 18.5. The minimum absolute atomic E-state index is 0. The van der Waals surface area contributed by atoms with Crippen LogP contribution in [0.15, 0.2) is 18.5 Å². The lowest BCUT2D eigenvalue weighted by molar-refractivity contribution is -0.220. The molecule has 0 aromatic carbocycles. The molecule has 0 fully saturated rings. The van der Waals surface area contributed by atoms with E-state index in [1.165, 1.54) is 18.5 Å². The van der Waals surface area contributed by atoms with E-state index in [0.29, 0.717) is 12.0 Å². The summed E-state index contributed by atoms with van der Waals surface area (Å²) in [6, 6.07) is 1.46. The zero-order valence-corrected chi connectivity index (χ0v) is 24.7. The molecule has 252 valence electrons. The lowest BCUT2D eigenvalue weighted by Crippen LogP contribution is -2.37. The van der Waals surface area contributed by atoms with Gasteiger partial charge >= 0.3 is 30.7 Å². The molecule has 0 amide bonds. The molecule has 0 aliphatic heterocycles. The summed E-state index contributed by atoms with van der Waals surface area (Å²) in [5, 5.41) is 9.88. The van der Waals surface area contributed by atoms with Crippen molar-refractivity contribution < 1.29 is 64.5 Å². The Morgan fingerprint density at radius 1 is 0.864 bits per heavy atom. The van der Waals surface area contributed by atoms with Crippen LogP contribution in [0, 0.1) is 10.8 Å². The molecular weight excluding hydrogens is 610 g/mol. The lowest BCUT2D eigenvalue weighted by atomic mass is 9.94. The first kappa shape index (κ1) is 44.3. The van der Waals surface area contributed by atoms with Gasteiger partial charge in [0.1, 0.15) is 18.8 Å². The molecule has 2 aromatic rings. The standard InChI is InChI=1S/C15H23F3N2O3.C8H11F3N2O.2CO2.CH4/c1-7-10-8-20(12(21)23-13(2,3)4)19-11(10)22-9-14(5,6)15(16,17)18;1-7(2,8(9,10)11)5-14-6-3-4-12-13-6;2*2-1-3;/h8H,7,9H2,1-6H3;3-4H,5H2,1-2H3,(H,12,13);;;1H4. The van der Waals surface area contributed by atoms with Crippen LogP contribution in [0.2, 0.25) is 0 Å². The van der Waals surface area contributed by atoms with Crippen molar-refractivity contribution in [3.05, 3.63) is 24.0 Å². The van der Waals surface area contributed by atoms with Crippen LogP contribution in [-0.4, -0.2) is 69.5 Å². The number of aromatic amines is 1. The molecular formula is C26H38F6N4O8. The van der Waals surface area contributed by atoms with Crippen LogP contribution < -0.4 is 9.47 Å². The molecule has 2 rings (SSSR count). The van der Waals surface area contributed by atoms with Crippen molar-refractivity contribution in [3.8, 4) is 11.8 Å². The zero-order valence-electron chi connectivity index (χ0n) is 24.7. The van der Waals surface area contributed by atoms with Gasteiger partial charge in [0.2, 0.25) is 11.8 Å². The fourth-order valence-corrected chi connectivity index (χ4v) is 2.15. The number of rotatable bonds is 7. The van der Waals surface area contributed by atoms with E-state index < -0.39 is 48.1 Å². The highest BCUT2D eigenvalue weighted by molar-refractivity contribution is 5.70. The van der Waals surface area contributed by atoms with E-state index in [9.17, 15) is 31.1 Å². The normalized spacial score (nSPS) is 11.3. The highest BCUT2D eigenvalue weighted by Gasteiger charge is 2.49. The Morgan fingerprint density at radius 2 is 1.30 bits per heavy atom. The summed E-state index contributed by atoms with van der Waals surface area (Å²) >= 11 is 0. The van der Waals surface area contributed by atoms with Crippen molar-refractivity contribution in [2.45, 2.75) is 87.2 Å². The highest BCUT2D eigenvalue weighted by Crippen LogP contribution is 2.38. The van der Waals surface area contributed by atoms with Gasteiger partial charge in [0.15, 0.2) is 0 Å². The topological polar surface area (TPSA) is 160 Å². The van der Waals surface area contributed by atoms with Crippen LogP contribution in [0.3, 0.4) is 0 Å². The molecule has 0 bridgehead atoms. The molecule has 0 unspecified atom stereocenters. The van der Waals surface area contributed by atoms with Gasteiger partial charge in [-0.25, -0.2) is 9.89 Å². The molecule has 44 heavy (non-hydrogen) atoms. The van der Waals surface area contributed by atoms with Crippen LogP contribution in [-0.2, 0) is 30.3 Å². The Hall–Kier alpha value is -4.17. The summed E-state index contributed by atoms with van der Waals surface area (Å²) in [4.78, 5) is 44.4. The van der Waals surface area contributed by atoms with Gasteiger partial charge in [-0.15, -0.1) is 5.10 Å². The SMILES string of the molecule is C.CC(C)(COc1ccn[nH]1)C(F)(F)F.CCc1cn(C(=O)OC(C)(C)C)nc1OCC(C)(C)C(F)(F)F.O=C=O.O=C=O. The molecule has 18 heteroatoms. The summed E-state index contributed by atoms with van der Waals surface area (Å²) in [6.45, 7) is 10.2. The molecule has 0 saturated carbocycles. The van der Waals surface area contributed by atoms with Crippen LogP contribution in [0.1, 0.15) is 68.4 Å². The fourth-order valence-electron chi connectivity index (χ4n) is 2.15. The highest BCUT2D eigenvalue weighted by atomic mass is 19.4. The van der Waals surface area contributed by atoms with E-state index in [-0.39, 0.29) is 31.5 Å². The van der Waals surface area contributed by atoms with Crippen molar-refractivity contribution >= 4 is 18.4 Å².